The van der Waals surface area contributed by atoms with Gasteiger partial charge in [-0.1, -0.05) is 13.8 Å². The maximum Gasteiger partial charge on any atom is 0.0738 e. The van der Waals surface area contributed by atoms with Crippen LogP contribution in [0, 0.1) is 24.7 Å². The van der Waals surface area contributed by atoms with Gasteiger partial charge in [-0.2, -0.15) is 5.10 Å². The molecule has 0 bridgehead atoms. The lowest BCUT2D eigenvalue weighted by atomic mass is 9.73. The van der Waals surface area contributed by atoms with Gasteiger partial charge in [0.15, 0.2) is 0 Å². The van der Waals surface area contributed by atoms with Crippen molar-refractivity contribution in [3.63, 3.8) is 0 Å². The zero-order chi connectivity index (χ0) is 14.2. The largest absolute Gasteiger partial charge is 0.393 e. The summed E-state index contributed by atoms with van der Waals surface area (Å²) in [5, 5.41) is 14.7. The summed E-state index contributed by atoms with van der Waals surface area (Å²) in [6, 6.07) is 0. The molecule has 1 aromatic rings. The van der Waals surface area contributed by atoms with Crippen molar-refractivity contribution in [2.75, 3.05) is 0 Å². The monoisotopic (exact) mass is 328 g/mol. The normalized spacial score (nSPS) is 28.1. The van der Waals surface area contributed by atoms with Gasteiger partial charge in [-0.25, -0.2) is 0 Å². The molecule has 0 saturated heterocycles. The van der Waals surface area contributed by atoms with Crippen molar-refractivity contribution in [1.82, 2.24) is 9.78 Å². The molecule has 0 aromatic carbocycles. The highest BCUT2D eigenvalue weighted by atomic mass is 79.9. The first-order chi connectivity index (χ1) is 8.90. The highest BCUT2D eigenvalue weighted by Crippen LogP contribution is 2.36. The van der Waals surface area contributed by atoms with Gasteiger partial charge in [-0.15, -0.1) is 0 Å². The van der Waals surface area contributed by atoms with Gasteiger partial charge in [0, 0.05) is 7.05 Å². The molecule has 4 heteroatoms. The maximum absolute atomic E-state index is 10.3. The van der Waals surface area contributed by atoms with Crippen LogP contribution in [0.1, 0.15) is 44.5 Å². The fourth-order valence-corrected chi connectivity index (χ4v) is 3.76. The molecule has 1 aliphatic carbocycles. The second kappa shape index (κ2) is 5.96. The summed E-state index contributed by atoms with van der Waals surface area (Å²) in [5.74, 6) is 1.83. The first-order valence-corrected chi connectivity index (χ1v) is 8.05. The van der Waals surface area contributed by atoms with Crippen molar-refractivity contribution in [3.05, 3.63) is 15.9 Å². The van der Waals surface area contributed by atoms with Crippen molar-refractivity contribution in [2.24, 2.45) is 24.8 Å². The molecule has 19 heavy (non-hydrogen) atoms. The Kier molecular flexibility index (Phi) is 4.72. The molecule has 3 atom stereocenters. The molecule has 0 radical (unpaired) electrons. The van der Waals surface area contributed by atoms with Crippen LogP contribution in [0.15, 0.2) is 4.47 Å². The van der Waals surface area contributed by atoms with Gasteiger partial charge in [0.05, 0.1) is 22.0 Å². The number of aliphatic hydroxyl groups excluding tert-OH is 1. The first kappa shape index (κ1) is 15.0. The van der Waals surface area contributed by atoms with E-state index in [1.807, 2.05) is 18.7 Å². The Morgan fingerprint density at radius 3 is 2.63 bits per heavy atom. The summed E-state index contributed by atoms with van der Waals surface area (Å²) >= 11 is 3.63. The van der Waals surface area contributed by atoms with Crippen molar-refractivity contribution in [1.29, 1.82) is 0 Å². The van der Waals surface area contributed by atoms with Crippen LogP contribution < -0.4 is 0 Å². The molecular weight excluding hydrogens is 304 g/mol. The lowest BCUT2D eigenvalue weighted by Gasteiger charge is -2.35. The molecule has 3 nitrogen and oxygen atoms in total. The van der Waals surface area contributed by atoms with E-state index in [0.29, 0.717) is 11.8 Å². The Hall–Kier alpha value is -0.350. The fourth-order valence-electron chi connectivity index (χ4n) is 3.26. The van der Waals surface area contributed by atoms with Crippen LogP contribution in [-0.2, 0) is 13.5 Å². The maximum atomic E-state index is 10.3. The number of aliphatic hydroxyl groups is 1. The van der Waals surface area contributed by atoms with Crippen LogP contribution in [0.3, 0.4) is 0 Å². The van der Waals surface area contributed by atoms with E-state index in [0.717, 1.165) is 35.3 Å². The van der Waals surface area contributed by atoms with E-state index in [2.05, 4.69) is 34.9 Å². The van der Waals surface area contributed by atoms with Gasteiger partial charge >= 0.3 is 0 Å². The molecule has 1 aromatic heterocycles. The first-order valence-electron chi connectivity index (χ1n) is 7.26. The molecule has 2 rings (SSSR count). The van der Waals surface area contributed by atoms with E-state index in [4.69, 9.17) is 0 Å². The molecule has 1 saturated carbocycles. The Bertz CT molecular complexity index is 442. The molecule has 0 spiro atoms. The average Bonchev–Trinajstić information content (AvgIpc) is 2.58. The number of aromatic nitrogens is 2. The molecule has 108 valence electrons. The van der Waals surface area contributed by atoms with E-state index >= 15 is 0 Å². The van der Waals surface area contributed by atoms with E-state index in [1.165, 1.54) is 12.1 Å². The van der Waals surface area contributed by atoms with Crippen LogP contribution in [0.25, 0.3) is 0 Å². The van der Waals surface area contributed by atoms with E-state index < -0.39 is 0 Å². The Labute approximate surface area is 124 Å². The van der Waals surface area contributed by atoms with Crippen LogP contribution in [-0.4, -0.2) is 21.0 Å². The summed E-state index contributed by atoms with van der Waals surface area (Å²) in [7, 11) is 1.99. The zero-order valence-corrected chi connectivity index (χ0v) is 13.9. The number of halogens is 1. The standard InChI is InChI=1S/C15H25BrN2O/c1-9(2)11-5-6-14(19)12(7-11)8-13-15(16)10(3)17-18(13)4/h9,11-12,14,19H,5-8H2,1-4H3. The van der Waals surface area contributed by atoms with Gasteiger partial charge in [0.1, 0.15) is 0 Å². The third kappa shape index (κ3) is 3.22. The number of aryl methyl sites for hydroxylation is 2. The third-order valence-corrected chi connectivity index (χ3v) is 5.67. The summed E-state index contributed by atoms with van der Waals surface area (Å²) in [6.07, 6.45) is 4.01. The molecule has 1 aliphatic rings. The number of hydrogen-bond acceptors (Lipinski definition) is 2. The van der Waals surface area contributed by atoms with Crippen LogP contribution in [0.4, 0.5) is 0 Å². The fraction of sp³-hybridized carbons (Fsp3) is 0.800. The van der Waals surface area contributed by atoms with E-state index in [9.17, 15) is 5.11 Å². The van der Waals surface area contributed by atoms with E-state index in [1.54, 1.807) is 0 Å². The minimum atomic E-state index is -0.155. The minimum absolute atomic E-state index is 0.155. The van der Waals surface area contributed by atoms with Gasteiger partial charge in [0.25, 0.3) is 0 Å². The van der Waals surface area contributed by atoms with Crippen LogP contribution >= 0.6 is 15.9 Å². The number of nitrogens with zero attached hydrogens (tertiary/aromatic N) is 2. The van der Waals surface area contributed by atoms with Gasteiger partial charge in [-0.05, 0) is 66.3 Å². The summed E-state index contributed by atoms with van der Waals surface area (Å²) < 4.78 is 3.05. The topological polar surface area (TPSA) is 38.0 Å². The Morgan fingerprint density at radius 1 is 1.42 bits per heavy atom. The van der Waals surface area contributed by atoms with Crippen LogP contribution in [0.2, 0.25) is 0 Å². The number of rotatable bonds is 3. The summed E-state index contributed by atoms with van der Waals surface area (Å²) in [4.78, 5) is 0. The highest BCUT2D eigenvalue weighted by Gasteiger charge is 2.31. The smallest absolute Gasteiger partial charge is 0.0738 e. The SMILES string of the molecule is Cc1nn(C)c(CC2CC(C(C)C)CCC2O)c1Br. The average molecular weight is 329 g/mol. The molecule has 3 unspecified atom stereocenters. The predicted molar refractivity (Wildman–Crippen MR) is 81.0 cm³/mol. The molecule has 0 aliphatic heterocycles. The van der Waals surface area contributed by atoms with Crippen molar-refractivity contribution in [2.45, 2.75) is 52.6 Å². The van der Waals surface area contributed by atoms with Crippen molar-refractivity contribution in [3.8, 4) is 0 Å². The Morgan fingerprint density at radius 2 is 2.11 bits per heavy atom. The minimum Gasteiger partial charge on any atom is -0.393 e. The second-order valence-corrected chi connectivity index (χ2v) is 7.11. The molecule has 1 N–H and O–H groups in total. The Balaban J connectivity index is 2.12. The predicted octanol–water partition coefficient (Wildman–Crippen LogP) is 3.47. The molecular formula is C15H25BrN2O. The number of hydrogen-bond donors (Lipinski definition) is 1. The zero-order valence-electron chi connectivity index (χ0n) is 12.4. The quantitative estimate of drug-likeness (QED) is 0.922. The summed E-state index contributed by atoms with van der Waals surface area (Å²) in [5.41, 5.74) is 2.24. The third-order valence-electron chi connectivity index (χ3n) is 4.64. The highest BCUT2D eigenvalue weighted by molar-refractivity contribution is 9.10. The van der Waals surface area contributed by atoms with Gasteiger partial charge in [-0.3, -0.25) is 4.68 Å². The van der Waals surface area contributed by atoms with Crippen molar-refractivity contribution < 1.29 is 5.11 Å². The second-order valence-electron chi connectivity index (χ2n) is 6.32. The lowest BCUT2D eigenvalue weighted by molar-refractivity contribution is 0.0369. The van der Waals surface area contributed by atoms with Crippen molar-refractivity contribution >= 4 is 15.9 Å². The van der Waals surface area contributed by atoms with Gasteiger partial charge in [0.2, 0.25) is 0 Å². The lowest BCUT2D eigenvalue weighted by Crippen LogP contribution is -2.33. The van der Waals surface area contributed by atoms with Gasteiger partial charge < -0.3 is 5.11 Å². The van der Waals surface area contributed by atoms with E-state index in [-0.39, 0.29) is 6.10 Å². The molecule has 1 heterocycles. The molecule has 0 amide bonds. The van der Waals surface area contributed by atoms with Crippen LogP contribution in [0.5, 0.6) is 0 Å². The summed E-state index contributed by atoms with van der Waals surface area (Å²) in [6.45, 7) is 6.61. The molecule has 1 fully saturated rings.